The van der Waals surface area contributed by atoms with Gasteiger partial charge in [0.2, 0.25) is 5.91 Å². The van der Waals surface area contributed by atoms with Gasteiger partial charge in [0.05, 0.1) is 6.42 Å². The molecule has 5 rings (SSSR count). The Labute approximate surface area is 228 Å². The number of anilines is 1. The largest absolute Gasteiger partial charge is 0.401 e. The summed E-state index contributed by atoms with van der Waals surface area (Å²) >= 11 is 0. The summed E-state index contributed by atoms with van der Waals surface area (Å²) in [6, 6.07) is 13.7. The van der Waals surface area contributed by atoms with E-state index in [2.05, 4.69) is 37.5 Å². The molecule has 1 aliphatic rings. The summed E-state index contributed by atoms with van der Waals surface area (Å²) in [4.78, 5) is 23.4. The maximum absolute atomic E-state index is 14.8. The third-order valence-electron chi connectivity index (χ3n) is 6.84. The van der Waals surface area contributed by atoms with E-state index in [4.69, 9.17) is 4.52 Å². The smallest absolute Gasteiger partial charge is 0.358 e. The first-order valence-electron chi connectivity index (χ1n) is 12.7. The van der Waals surface area contributed by atoms with Crippen LogP contribution in [-0.4, -0.2) is 46.2 Å². The lowest BCUT2D eigenvalue weighted by Crippen LogP contribution is -2.28. The zero-order valence-corrected chi connectivity index (χ0v) is 21.9. The molecule has 40 heavy (non-hydrogen) atoms. The minimum atomic E-state index is -4.46. The van der Waals surface area contributed by atoms with Crippen molar-refractivity contribution in [2.24, 2.45) is 0 Å². The molecule has 2 aromatic heterocycles. The highest BCUT2D eigenvalue weighted by Gasteiger charge is 2.66. The molecule has 0 bridgehead atoms. The van der Waals surface area contributed by atoms with E-state index in [0.717, 1.165) is 18.2 Å². The van der Waals surface area contributed by atoms with Crippen LogP contribution in [0.25, 0.3) is 11.1 Å². The Morgan fingerprint density at radius 3 is 2.40 bits per heavy atom. The highest BCUT2D eigenvalue weighted by atomic mass is 19.4. The fraction of sp³-hybridized carbons (Fsp3) is 0.310. The van der Waals surface area contributed by atoms with Crippen LogP contribution >= 0.6 is 0 Å². The first-order valence-corrected chi connectivity index (χ1v) is 12.7. The van der Waals surface area contributed by atoms with Gasteiger partial charge in [0.25, 0.3) is 0 Å². The van der Waals surface area contributed by atoms with Crippen molar-refractivity contribution in [2.75, 3.05) is 19.4 Å². The minimum absolute atomic E-state index is 0.0880. The van der Waals surface area contributed by atoms with Crippen LogP contribution in [-0.2, 0) is 29.6 Å². The molecule has 11 heteroatoms. The van der Waals surface area contributed by atoms with Crippen molar-refractivity contribution in [2.45, 2.75) is 43.8 Å². The average molecular weight is 554 g/mol. The van der Waals surface area contributed by atoms with E-state index < -0.39 is 23.3 Å². The molecular weight excluding hydrogens is 526 g/mol. The molecule has 4 aromatic rings. The van der Waals surface area contributed by atoms with Crippen LogP contribution in [0.15, 0.2) is 65.4 Å². The summed E-state index contributed by atoms with van der Waals surface area (Å²) in [5, 5.41) is 5.90. The highest BCUT2D eigenvalue weighted by molar-refractivity contribution is 5.91. The van der Waals surface area contributed by atoms with Crippen molar-refractivity contribution in [3.8, 4) is 11.1 Å². The zero-order valence-electron chi connectivity index (χ0n) is 21.9. The van der Waals surface area contributed by atoms with Crippen LogP contribution in [0.3, 0.4) is 0 Å². The molecule has 1 amide bonds. The molecular formula is C29H27F4N5O2. The summed E-state index contributed by atoms with van der Waals surface area (Å²) in [5.74, 6) is -1.08. The van der Waals surface area contributed by atoms with Gasteiger partial charge < -0.3 is 14.7 Å². The van der Waals surface area contributed by atoms with Crippen LogP contribution < -0.4 is 5.32 Å². The molecule has 0 atom stereocenters. The Bertz CT molecular complexity index is 1510. The second-order valence-electron chi connectivity index (χ2n) is 10.3. The van der Waals surface area contributed by atoms with Gasteiger partial charge in [0.15, 0.2) is 11.6 Å². The van der Waals surface area contributed by atoms with E-state index in [-0.39, 0.29) is 36.4 Å². The molecule has 208 valence electrons. The minimum Gasteiger partial charge on any atom is -0.358 e. The molecule has 2 heterocycles. The first-order chi connectivity index (χ1) is 19.0. The summed E-state index contributed by atoms with van der Waals surface area (Å²) in [7, 11) is 4.03. The van der Waals surface area contributed by atoms with E-state index in [9.17, 15) is 22.4 Å². The predicted molar refractivity (Wildman–Crippen MR) is 140 cm³/mol. The van der Waals surface area contributed by atoms with Crippen LogP contribution in [0.5, 0.6) is 0 Å². The van der Waals surface area contributed by atoms with Crippen molar-refractivity contribution >= 4 is 11.7 Å². The van der Waals surface area contributed by atoms with E-state index in [1.54, 1.807) is 18.5 Å². The van der Waals surface area contributed by atoms with Gasteiger partial charge in [-0.1, -0.05) is 41.6 Å². The summed E-state index contributed by atoms with van der Waals surface area (Å²) < 4.78 is 59.5. The Balaban J connectivity index is 1.20. The van der Waals surface area contributed by atoms with Gasteiger partial charge in [-0.2, -0.15) is 13.2 Å². The van der Waals surface area contributed by atoms with Gasteiger partial charge in [-0.05, 0) is 55.3 Å². The normalized spacial score (nSPS) is 14.4. The van der Waals surface area contributed by atoms with Crippen LogP contribution in [0.4, 0.5) is 23.4 Å². The lowest BCUT2D eigenvalue weighted by molar-refractivity contribution is -0.165. The number of alkyl halides is 3. The number of carbonyl (C=O) groups is 1. The second-order valence-corrected chi connectivity index (χ2v) is 10.3. The van der Waals surface area contributed by atoms with E-state index in [0.29, 0.717) is 23.4 Å². The Morgan fingerprint density at radius 1 is 1.02 bits per heavy atom. The Hall–Kier alpha value is -4.12. The maximum Gasteiger partial charge on any atom is 0.401 e. The van der Waals surface area contributed by atoms with Gasteiger partial charge in [0.1, 0.15) is 17.1 Å². The number of aromatic nitrogens is 3. The van der Waals surface area contributed by atoms with Gasteiger partial charge in [-0.15, -0.1) is 0 Å². The number of halogens is 4. The lowest BCUT2D eigenvalue weighted by atomic mass is 10.0. The van der Waals surface area contributed by atoms with Crippen molar-refractivity contribution in [3.05, 3.63) is 95.0 Å². The number of nitrogens with zero attached hydrogens (tertiary/aromatic N) is 4. The fourth-order valence-electron chi connectivity index (χ4n) is 4.57. The molecule has 1 aliphatic carbocycles. The van der Waals surface area contributed by atoms with Gasteiger partial charge in [-0.25, -0.2) is 14.4 Å². The van der Waals surface area contributed by atoms with Crippen LogP contribution in [0.1, 0.15) is 41.1 Å². The molecule has 7 nitrogen and oxygen atoms in total. The number of nitrogens with one attached hydrogen (secondary N) is 1. The number of benzene rings is 2. The second kappa shape index (κ2) is 10.8. The molecule has 0 saturated heterocycles. The van der Waals surface area contributed by atoms with Crippen molar-refractivity contribution < 1.29 is 26.9 Å². The topological polar surface area (TPSA) is 84.2 Å². The molecule has 1 fully saturated rings. The van der Waals surface area contributed by atoms with Crippen LogP contribution in [0, 0.1) is 5.82 Å². The third kappa shape index (κ3) is 6.04. The standard InChI is InChI=1S/C29H27F4N5O2/c1-38(2)17-19-5-3-4-18(10-19)11-25-34-15-22(16-35-25)20-6-7-21(23(30)12-20)13-27(39)36-26-14-24(40-37-26)28(8-9-28)29(31,32)33/h3-7,10,12,14-16H,8-9,11,13,17H2,1-2H3,(H,36,37,39). The van der Waals surface area contributed by atoms with E-state index in [1.165, 1.54) is 17.7 Å². The Morgan fingerprint density at radius 2 is 1.75 bits per heavy atom. The Kier molecular flexibility index (Phi) is 7.41. The van der Waals surface area contributed by atoms with E-state index in [1.807, 2.05) is 26.2 Å². The third-order valence-corrected chi connectivity index (χ3v) is 6.84. The molecule has 0 aliphatic heterocycles. The predicted octanol–water partition coefficient (Wildman–Crippen LogP) is 5.70. The fourth-order valence-corrected chi connectivity index (χ4v) is 4.57. The molecule has 1 saturated carbocycles. The average Bonchev–Trinajstić information content (AvgIpc) is 3.59. The monoisotopic (exact) mass is 553 g/mol. The molecule has 2 aromatic carbocycles. The maximum atomic E-state index is 14.8. The van der Waals surface area contributed by atoms with Crippen LogP contribution in [0.2, 0.25) is 0 Å². The quantitative estimate of drug-likeness (QED) is 0.268. The van der Waals surface area contributed by atoms with Crippen molar-refractivity contribution in [1.82, 2.24) is 20.0 Å². The van der Waals surface area contributed by atoms with Gasteiger partial charge in [0, 0.05) is 37.0 Å². The summed E-state index contributed by atoms with van der Waals surface area (Å²) in [5.41, 5.74) is 1.54. The lowest BCUT2D eigenvalue weighted by Gasteiger charge is -2.14. The SMILES string of the molecule is CN(C)Cc1cccc(Cc2ncc(-c3ccc(CC(=O)Nc4cc(C5(C(F)(F)F)CC5)on4)c(F)c3)cn2)c1. The van der Waals surface area contributed by atoms with Crippen molar-refractivity contribution in [3.63, 3.8) is 0 Å². The number of rotatable bonds is 9. The summed E-state index contributed by atoms with van der Waals surface area (Å²) in [6.07, 6.45) is -1.15. The highest BCUT2D eigenvalue weighted by Crippen LogP contribution is 2.59. The first kappa shape index (κ1) is 27.4. The number of carbonyl (C=O) groups excluding carboxylic acids is 1. The summed E-state index contributed by atoms with van der Waals surface area (Å²) in [6.45, 7) is 0.834. The molecule has 0 radical (unpaired) electrons. The van der Waals surface area contributed by atoms with E-state index >= 15 is 0 Å². The number of amides is 1. The molecule has 0 unspecified atom stereocenters. The molecule has 0 spiro atoms. The number of hydrogen-bond donors (Lipinski definition) is 1. The van der Waals surface area contributed by atoms with Gasteiger partial charge >= 0.3 is 6.18 Å². The zero-order chi connectivity index (χ0) is 28.5. The molecule has 1 N–H and O–H groups in total. The van der Waals surface area contributed by atoms with Gasteiger partial charge in [-0.3, -0.25) is 4.79 Å². The van der Waals surface area contributed by atoms with Crippen molar-refractivity contribution in [1.29, 1.82) is 0 Å². The number of hydrogen-bond acceptors (Lipinski definition) is 6.